The molecule has 1 unspecified atom stereocenters. The molecular formula is C17H22N4OS2. The Kier molecular flexibility index (Phi) is 4.74. The largest absolute Gasteiger partial charge is 0.293 e. The van der Waals surface area contributed by atoms with Crippen molar-refractivity contribution >= 4 is 23.1 Å². The summed E-state index contributed by atoms with van der Waals surface area (Å²) in [4.78, 5) is 20.6. The lowest BCUT2D eigenvalue weighted by Crippen LogP contribution is -2.37. The molecule has 0 radical (unpaired) electrons. The van der Waals surface area contributed by atoms with Crippen LogP contribution < -0.4 is 5.56 Å². The number of thioether (sulfide) groups is 1. The number of nitrogens with zero attached hydrogens (tertiary/aromatic N) is 4. The quantitative estimate of drug-likeness (QED) is 0.836. The molecule has 0 spiro atoms. The maximum Gasteiger partial charge on any atom is 0.267 e. The molecule has 24 heavy (non-hydrogen) atoms. The van der Waals surface area contributed by atoms with Gasteiger partial charge in [0.2, 0.25) is 0 Å². The summed E-state index contributed by atoms with van der Waals surface area (Å²) in [6, 6.07) is 2.20. The van der Waals surface area contributed by atoms with E-state index in [1.54, 1.807) is 22.1 Å². The molecule has 0 aliphatic carbocycles. The number of rotatable bonds is 4. The van der Waals surface area contributed by atoms with E-state index in [2.05, 4.69) is 15.0 Å². The van der Waals surface area contributed by atoms with Crippen LogP contribution in [0.5, 0.6) is 0 Å². The Labute approximate surface area is 150 Å². The highest BCUT2D eigenvalue weighted by atomic mass is 32.2. The first-order chi connectivity index (χ1) is 11.7. The SMILES string of the molecule is Cc1ncc(CN2CCCC2Cn2nc3c(cc2=O)CSCC3)s1. The Morgan fingerprint density at radius 1 is 1.42 bits per heavy atom. The van der Waals surface area contributed by atoms with Crippen molar-refractivity contribution in [2.45, 2.75) is 51.1 Å². The van der Waals surface area contributed by atoms with Crippen LogP contribution in [0.1, 0.15) is 34.0 Å². The van der Waals surface area contributed by atoms with Gasteiger partial charge in [-0.3, -0.25) is 9.69 Å². The van der Waals surface area contributed by atoms with Gasteiger partial charge >= 0.3 is 0 Å². The Morgan fingerprint density at radius 2 is 2.33 bits per heavy atom. The van der Waals surface area contributed by atoms with Crippen LogP contribution in [-0.2, 0) is 25.3 Å². The highest BCUT2D eigenvalue weighted by Gasteiger charge is 2.26. The topological polar surface area (TPSA) is 51.0 Å². The molecule has 2 aliphatic heterocycles. The fourth-order valence-electron chi connectivity index (χ4n) is 3.57. The summed E-state index contributed by atoms with van der Waals surface area (Å²) < 4.78 is 1.70. The van der Waals surface area contributed by atoms with Gasteiger partial charge < -0.3 is 0 Å². The fourth-order valence-corrected chi connectivity index (χ4v) is 5.34. The summed E-state index contributed by atoms with van der Waals surface area (Å²) in [7, 11) is 0. The molecule has 5 nitrogen and oxygen atoms in total. The second kappa shape index (κ2) is 6.98. The average Bonchev–Trinajstić information content (AvgIpc) is 3.18. The zero-order valence-electron chi connectivity index (χ0n) is 13.9. The van der Waals surface area contributed by atoms with Crippen LogP contribution in [0.15, 0.2) is 17.1 Å². The average molecular weight is 363 g/mol. The molecule has 2 aromatic rings. The zero-order chi connectivity index (χ0) is 16.5. The summed E-state index contributed by atoms with van der Waals surface area (Å²) in [5, 5.41) is 5.79. The second-order valence-corrected chi connectivity index (χ2v) is 8.98. The predicted octanol–water partition coefficient (Wildman–Crippen LogP) is 2.46. The molecule has 1 fully saturated rings. The molecule has 4 heterocycles. The van der Waals surface area contributed by atoms with Crippen LogP contribution in [0.2, 0.25) is 0 Å². The third-order valence-corrected chi connectivity index (χ3v) is 6.72. The third-order valence-electron chi connectivity index (χ3n) is 4.82. The van der Waals surface area contributed by atoms with Gasteiger partial charge in [0.15, 0.2) is 0 Å². The molecule has 0 bridgehead atoms. The first-order valence-corrected chi connectivity index (χ1v) is 10.5. The summed E-state index contributed by atoms with van der Waals surface area (Å²) in [6.07, 6.45) is 5.29. The highest BCUT2D eigenvalue weighted by Crippen LogP contribution is 2.24. The monoisotopic (exact) mass is 362 g/mol. The van der Waals surface area contributed by atoms with Gasteiger partial charge in [-0.1, -0.05) is 0 Å². The zero-order valence-corrected chi connectivity index (χ0v) is 15.5. The van der Waals surface area contributed by atoms with E-state index in [9.17, 15) is 4.79 Å². The summed E-state index contributed by atoms with van der Waals surface area (Å²) >= 11 is 3.65. The van der Waals surface area contributed by atoms with Crippen molar-refractivity contribution < 1.29 is 0 Å². The van der Waals surface area contributed by atoms with E-state index in [4.69, 9.17) is 0 Å². The Hall–Kier alpha value is -1.18. The minimum atomic E-state index is 0.0525. The van der Waals surface area contributed by atoms with Crippen molar-refractivity contribution in [1.82, 2.24) is 19.7 Å². The maximum atomic E-state index is 12.4. The minimum Gasteiger partial charge on any atom is -0.293 e. The van der Waals surface area contributed by atoms with Gasteiger partial charge in [-0.25, -0.2) is 9.67 Å². The smallest absolute Gasteiger partial charge is 0.267 e. The lowest BCUT2D eigenvalue weighted by atomic mass is 10.2. The Morgan fingerprint density at radius 3 is 3.17 bits per heavy atom. The molecule has 0 aromatic carbocycles. The van der Waals surface area contributed by atoms with Crippen LogP contribution in [0.25, 0.3) is 0 Å². The summed E-state index contributed by atoms with van der Waals surface area (Å²) in [5.41, 5.74) is 2.31. The molecular weight excluding hydrogens is 340 g/mol. The molecule has 0 amide bonds. The van der Waals surface area contributed by atoms with Gasteiger partial charge in [-0.15, -0.1) is 11.3 Å². The molecule has 1 atom stereocenters. The molecule has 128 valence electrons. The van der Waals surface area contributed by atoms with Crippen LogP contribution in [0, 0.1) is 6.92 Å². The summed E-state index contributed by atoms with van der Waals surface area (Å²) in [5.74, 6) is 2.04. The first-order valence-electron chi connectivity index (χ1n) is 8.52. The normalized spacial score (nSPS) is 21.1. The lowest BCUT2D eigenvalue weighted by Gasteiger charge is -2.24. The number of hydrogen-bond donors (Lipinski definition) is 0. The van der Waals surface area contributed by atoms with Crippen molar-refractivity contribution in [2.24, 2.45) is 0 Å². The van der Waals surface area contributed by atoms with E-state index in [0.717, 1.165) is 53.7 Å². The number of hydrogen-bond acceptors (Lipinski definition) is 6. The molecule has 2 aliphatic rings. The molecule has 0 saturated carbocycles. The van der Waals surface area contributed by atoms with E-state index in [-0.39, 0.29) is 5.56 Å². The number of thiazole rings is 1. The van der Waals surface area contributed by atoms with E-state index in [0.29, 0.717) is 12.6 Å². The third kappa shape index (κ3) is 3.43. The molecule has 0 N–H and O–H groups in total. The molecule has 7 heteroatoms. The van der Waals surface area contributed by atoms with Gasteiger partial charge in [0.25, 0.3) is 5.56 Å². The van der Waals surface area contributed by atoms with E-state index in [1.165, 1.54) is 11.3 Å². The van der Waals surface area contributed by atoms with Gasteiger partial charge in [0.05, 0.1) is 17.2 Å². The predicted molar refractivity (Wildman–Crippen MR) is 98.6 cm³/mol. The second-order valence-electron chi connectivity index (χ2n) is 6.55. The van der Waals surface area contributed by atoms with Gasteiger partial charge in [-0.05, 0) is 37.6 Å². The van der Waals surface area contributed by atoms with Crippen molar-refractivity contribution in [1.29, 1.82) is 0 Å². The van der Waals surface area contributed by atoms with Crippen molar-refractivity contribution in [2.75, 3.05) is 12.3 Å². The van der Waals surface area contributed by atoms with E-state index in [1.807, 2.05) is 24.9 Å². The standard InChI is InChI=1S/C17H22N4OS2/c1-12-18-8-15(24-12)10-20-5-2-3-14(20)9-21-17(22)7-13-11-23-6-4-16(13)19-21/h7-8,14H,2-6,9-11H2,1H3. The fraction of sp³-hybridized carbons (Fsp3) is 0.588. The van der Waals surface area contributed by atoms with Crippen LogP contribution in [0.4, 0.5) is 0 Å². The summed E-state index contributed by atoms with van der Waals surface area (Å²) in [6.45, 7) is 4.78. The van der Waals surface area contributed by atoms with Crippen LogP contribution in [-0.4, -0.2) is 38.0 Å². The van der Waals surface area contributed by atoms with E-state index < -0.39 is 0 Å². The maximum absolute atomic E-state index is 12.4. The van der Waals surface area contributed by atoms with Crippen molar-refractivity contribution in [3.63, 3.8) is 0 Å². The lowest BCUT2D eigenvalue weighted by molar-refractivity contribution is 0.218. The molecule has 4 rings (SSSR count). The van der Waals surface area contributed by atoms with Crippen molar-refractivity contribution in [3.05, 3.63) is 43.8 Å². The minimum absolute atomic E-state index is 0.0525. The Bertz CT molecular complexity index is 785. The number of aryl methyl sites for hydroxylation is 2. The van der Waals surface area contributed by atoms with Crippen LogP contribution >= 0.6 is 23.1 Å². The molecule has 1 saturated heterocycles. The number of likely N-dealkylation sites (tertiary alicyclic amines) is 1. The highest BCUT2D eigenvalue weighted by molar-refractivity contribution is 7.98. The van der Waals surface area contributed by atoms with Crippen molar-refractivity contribution in [3.8, 4) is 0 Å². The Balaban J connectivity index is 1.50. The number of aromatic nitrogens is 3. The molecule has 2 aromatic heterocycles. The van der Waals surface area contributed by atoms with Gasteiger partial charge in [0, 0.05) is 41.9 Å². The first kappa shape index (κ1) is 16.3. The van der Waals surface area contributed by atoms with Crippen LogP contribution in [0.3, 0.4) is 0 Å². The van der Waals surface area contributed by atoms with Gasteiger partial charge in [-0.2, -0.15) is 16.9 Å². The number of fused-ring (bicyclic) bond motifs is 1. The van der Waals surface area contributed by atoms with E-state index >= 15 is 0 Å². The van der Waals surface area contributed by atoms with Gasteiger partial charge in [0.1, 0.15) is 0 Å².